The van der Waals surface area contributed by atoms with Crippen molar-refractivity contribution in [1.29, 1.82) is 0 Å². The molecule has 0 unspecified atom stereocenters. The van der Waals surface area contributed by atoms with Crippen LogP contribution in [0.1, 0.15) is 47.5 Å². The molecule has 0 aromatic carbocycles. The monoisotopic (exact) mass is 229 g/mol. The second kappa shape index (κ2) is 5.99. The third-order valence-electron chi connectivity index (χ3n) is 2.64. The maximum atomic E-state index is 5.72. The summed E-state index contributed by atoms with van der Waals surface area (Å²) in [6.45, 7) is 12.0. The van der Waals surface area contributed by atoms with Crippen molar-refractivity contribution in [1.82, 2.24) is 5.32 Å². The molecule has 3 nitrogen and oxygen atoms in total. The first-order valence-electron chi connectivity index (χ1n) is 6.38. The Bertz CT molecular complexity index is 193. The topological polar surface area (TPSA) is 30.5 Å². The fourth-order valence-electron chi connectivity index (χ4n) is 1.87. The lowest BCUT2D eigenvalue weighted by molar-refractivity contribution is -0.0743. The molecule has 1 fully saturated rings. The van der Waals surface area contributed by atoms with E-state index in [1.54, 1.807) is 0 Å². The van der Waals surface area contributed by atoms with Crippen molar-refractivity contribution >= 4 is 0 Å². The summed E-state index contributed by atoms with van der Waals surface area (Å²) < 4.78 is 11.3. The summed E-state index contributed by atoms with van der Waals surface area (Å²) in [4.78, 5) is 0. The van der Waals surface area contributed by atoms with Gasteiger partial charge in [-0.05, 0) is 33.6 Å². The summed E-state index contributed by atoms with van der Waals surface area (Å²) in [5.74, 6) is 0. The predicted molar refractivity (Wildman–Crippen MR) is 66.7 cm³/mol. The molecule has 0 aliphatic heterocycles. The molecule has 1 rings (SSSR count). The van der Waals surface area contributed by atoms with E-state index in [4.69, 9.17) is 9.47 Å². The Morgan fingerprint density at radius 2 is 1.81 bits per heavy atom. The molecule has 1 saturated carbocycles. The van der Waals surface area contributed by atoms with Crippen LogP contribution in [0.4, 0.5) is 0 Å². The Hall–Kier alpha value is -0.120. The van der Waals surface area contributed by atoms with E-state index in [1.165, 1.54) is 0 Å². The molecule has 0 atom stereocenters. The first-order valence-corrected chi connectivity index (χ1v) is 6.38. The zero-order valence-electron chi connectivity index (χ0n) is 11.4. The smallest absolute Gasteiger partial charge is 0.0707 e. The van der Waals surface area contributed by atoms with Crippen LogP contribution in [-0.4, -0.2) is 37.0 Å². The fraction of sp³-hybridized carbons (Fsp3) is 1.00. The molecule has 0 heterocycles. The normalized spacial score (nSPS) is 25.9. The third-order valence-corrected chi connectivity index (χ3v) is 2.64. The molecule has 0 aromatic rings. The van der Waals surface area contributed by atoms with Crippen LogP contribution in [0.2, 0.25) is 0 Å². The lowest BCUT2D eigenvalue weighted by Gasteiger charge is -2.37. The average Bonchev–Trinajstić information content (AvgIpc) is 2.04. The summed E-state index contributed by atoms with van der Waals surface area (Å²) in [5.41, 5.74) is -0.0509. The van der Waals surface area contributed by atoms with Crippen molar-refractivity contribution in [2.24, 2.45) is 0 Å². The minimum atomic E-state index is -0.0509. The third kappa shape index (κ3) is 5.83. The minimum Gasteiger partial charge on any atom is -0.376 e. The van der Waals surface area contributed by atoms with Gasteiger partial charge in [0.1, 0.15) is 0 Å². The summed E-state index contributed by atoms with van der Waals surface area (Å²) in [7, 11) is 0. The highest BCUT2D eigenvalue weighted by molar-refractivity contribution is 4.86. The van der Waals surface area contributed by atoms with Crippen LogP contribution in [0.5, 0.6) is 0 Å². The van der Waals surface area contributed by atoms with Gasteiger partial charge < -0.3 is 14.8 Å². The highest BCUT2D eigenvalue weighted by Gasteiger charge is 2.29. The van der Waals surface area contributed by atoms with E-state index in [1.807, 2.05) is 0 Å². The van der Waals surface area contributed by atoms with Crippen molar-refractivity contribution in [3.63, 3.8) is 0 Å². The van der Waals surface area contributed by atoms with Crippen molar-refractivity contribution in [2.75, 3.05) is 13.2 Å². The molecule has 0 amide bonds. The van der Waals surface area contributed by atoms with Crippen LogP contribution < -0.4 is 5.32 Å². The minimum absolute atomic E-state index is 0.0509. The van der Waals surface area contributed by atoms with Gasteiger partial charge in [-0.2, -0.15) is 0 Å². The van der Waals surface area contributed by atoms with Crippen LogP contribution in [-0.2, 0) is 9.47 Å². The Morgan fingerprint density at radius 3 is 2.31 bits per heavy atom. The van der Waals surface area contributed by atoms with Crippen LogP contribution in [0.15, 0.2) is 0 Å². The molecular weight excluding hydrogens is 202 g/mol. The highest BCUT2D eigenvalue weighted by atomic mass is 16.5. The summed E-state index contributed by atoms with van der Waals surface area (Å²) in [6.07, 6.45) is 2.74. The Balaban J connectivity index is 1.94. The molecule has 96 valence electrons. The summed E-state index contributed by atoms with van der Waals surface area (Å²) in [6, 6.07) is 1.24. The van der Waals surface area contributed by atoms with Gasteiger partial charge in [0, 0.05) is 12.1 Å². The number of ether oxygens (including phenoxy) is 2. The van der Waals surface area contributed by atoms with E-state index in [0.29, 0.717) is 24.8 Å². The van der Waals surface area contributed by atoms with E-state index in [0.717, 1.165) is 19.4 Å². The first-order chi connectivity index (χ1) is 7.37. The lowest BCUT2D eigenvalue weighted by Crippen LogP contribution is -2.48. The molecule has 16 heavy (non-hydrogen) atoms. The summed E-state index contributed by atoms with van der Waals surface area (Å²) >= 11 is 0. The quantitative estimate of drug-likeness (QED) is 0.709. The van der Waals surface area contributed by atoms with Gasteiger partial charge in [-0.25, -0.2) is 0 Å². The van der Waals surface area contributed by atoms with Gasteiger partial charge in [0.2, 0.25) is 0 Å². The predicted octanol–water partition coefficient (Wildman–Crippen LogP) is 2.35. The van der Waals surface area contributed by atoms with Gasteiger partial charge >= 0.3 is 0 Å². The Labute approximate surface area is 99.9 Å². The zero-order chi connectivity index (χ0) is 12.2. The fourth-order valence-corrected chi connectivity index (χ4v) is 1.87. The molecule has 0 bridgehead atoms. The maximum absolute atomic E-state index is 5.72. The second-order valence-electron chi connectivity index (χ2n) is 5.94. The molecule has 0 aromatic heterocycles. The van der Waals surface area contributed by atoms with E-state index in [2.05, 4.69) is 39.9 Å². The standard InChI is InChI=1S/C13H27NO2/c1-10(2)14-11-8-12(9-11)15-6-7-16-13(3,4)5/h10-12,14H,6-9H2,1-5H3/t11-,12+. The van der Waals surface area contributed by atoms with Gasteiger partial charge in [-0.3, -0.25) is 0 Å². The van der Waals surface area contributed by atoms with E-state index >= 15 is 0 Å². The number of hydrogen-bond donors (Lipinski definition) is 1. The Kier molecular flexibility index (Phi) is 5.22. The lowest BCUT2D eigenvalue weighted by atomic mass is 9.89. The van der Waals surface area contributed by atoms with Crippen LogP contribution in [0.3, 0.4) is 0 Å². The molecule has 0 radical (unpaired) electrons. The van der Waals surface area contributed by atoms with Gasteiger partial charge in [0.05, 0.1) is 24.9 Å². The highest BCUT2D eigenvalue weighted by Crippen LogP contribution is 2.23. The van der Waals surface area contributed by atoms with Crippen LogP contribution in [0.25, 0.3) is 0 Å². The van der Waals surface area contributed by atoms with Crippen molar-refractivity contribution in [2.45, 2.75) is 71.2 Å². The zero-order valence-corrected chi connectivity index (χ0v) is 11.4. The molecule has 1 aliphatic rings. The molecular formula is C13H27NO2. The average molecular weight is 229 g/mol. The molecule has 1 aliphatic carbocycles. The van der Waals surface area contributed by atoms with Crippen LogP contribution >= 0.6 is 0 Å². The van der Waals surface area contributed by atoms with Gasteiger partial charge in [0.25, 0.3) is 0 Å². The molecule has 1 N–H and O–H groups in total. The van der Waals surface area contributed by atoms with Gasteiger partial charge in [0.15, 0.2) is 0 Å². The first kappa shape index (κ1) is 13.9. The number of rotatable bonds is 6. The number of hydrogen-bond acceptors (Lipinski definition) is 3. The van der Waals surface area contributed by atoms with E-state index < -0.39 is 0 Å². The number of nitrogens with one attached hydrogen (secondary N) is 1. The maximum Gasteiger partial charge on any atom is 0.0707 e. The SMILES string of the molecule is CC(C)N[C@H]1C[C@@H](OCCOC(C)(C)C)C1. The van der Waals surface area contributed by atoms with Crippen LogP contribution in [0, 0.1) is 0 Å². The van der Waals surface area contributed by atoms with Crippen molar-refractivity contribution in [3.05, 3.63) is 0 Å². The van der Waals surface area contributed by atoms with Crippen molar-refractivity contribution in [3.8, 4) is 0 Å². The van der Waals surface area contributed by atoms with Gasteiger partial charge in [-0.15, -0.1) is 0 Å². The summed E-state index contributed by atoms with van der Waals surface area (Å²) in [5, 5.41) is 3.51. The van der Waals surface area contributed by atoms with Crippen molar-refractivity contribution < 1.29 is 9.47 Å². The largest absolute Gasteiger partial charge is 0.376 e. The van der Waals surface area contributed by atoms with E-state index in [9.17, 15) is 0 Å². The van der Waals surface area contributed by atoms with E-state index in [-0.39, 0.29) is 5.60 Å². The van der Waals surface area contributed by atoms with Gasteiger partial charge in [-0.1, -0.05) is 13.8 Å². The molecule has 0 spiro atoms. The Morgan fingerprint density at radius 1 is 1.19 bits per heavy atom. The molecule has 3 heteroatoms. The molecule has 0 saturated heterocycles. The second-order valence-corrected chi connectivity index (χ2v) is 5.94.